The van der Waals surface area contributed by atoms with Gasteiger partial charge in [0.15, 0.2) is 17.3 Å². The van der Waals surface area contributed by atoms with Gasteiger partial charge in [-0.05, 0) is 30.5 Å². The van der Waals surface area contributed by atoms with Crippen molar-refractivity contribution in [2.45, 2.75) is 4.90 Å². The first kappa shape index (κ1) is 16.2. The van der Waals surface area contributed by atoms with Gasteiger partial charge in [-0.1, -0.05) is 12.1 Å². The third-order valence-electron chi connectivity index (χ3n) is 3.26. The molecule has 0 amide bonds. The number of ether oxygens (including phenoxy) is 3. The second-order valence-electron chi connectivity index (χ2n) is 4.48. The summed E-state index contributed by atoms with van der Waals surface area (Å²) < 4.78 is 15.8. The number of carbonyl (C=O) groups excluding carboxylic acids is 1. The smallest absolute Gasteiger partial charge is 0.203 e. The summed E-state index contributed by atoms with van der Waals surface area (Å²) >= 11 is 1.60. The number of methoxy groups -OCH3 is 3. The van der Waals surface area contributed by atoms with E-state index in [9.17, 15) is 4.79 Å². The van der Waals surface area contributed by atoms with E-state index in [-0.39, 0.29) is 5.78 Å². The SMILES string of the molecule is COc1cc(C(=O)c2cccc(SC)c2)cc(OC)c1OC. The van der Waals surface area contributed by atoms with E-state index < -0.39 is 0 Å². The molecular weight excluding hydrogens is 300 g/mol. The van der Waals surface area contributed by atoms with Crippen molar-refractivity contribution in [3.63, 3.8) is 0 Å². The van der Waals surface area contributed by atoms with E-state index in [1.807, 2.05) is 24.5 Å². The topological polar surface area (TPSA) is 44.8 Å². The predicted octanol–water partition coefficient (Wildman–Crippen LogP) is 3.67. The minimum absolute atomic E-state index is 0.0878. The largest absolute Gasteiger partial charge is 0.493 e. The maximum Gasteiger partial charge on any atom is 0.203 e. The lowest BCUT2D eigenvalue weighted by molar-refractivity contribution is 0.103. The highest BCUT2D eigenvalue weighted by Gasteiger charge is 2.18. The van der Waals surface area contributed by atoms with E-state index in [1.54, 1.807) is 30.0 Å². The highest BCUT2D eigenvalue weighted by molar-refractivity contribution is 7.98. The molecule has 0 radical (unpaired) electrons. The molecule has 116 valence electrons. The Balaban J connectivity index is 2.49. The first-order valence-electron chi connectivity index (χ1n) is 6.63. The van der Waals surface area contributed by atoms with Crippen LogP contribution in [0.15, 0.2) is 41.3 Å². The zero-order valence-electron chi connectivity index (χ0n) is 13.0. The minimum atomic E-state index is -0.0878. The van der Waals surface area contributed by atoms with Gasteiger partial charge in [0, 0.05) is 16.0 Å². The highest BCUT2D eigenvalue weighted by atomic mass is 32.2. The van der Waals surface area contributed by atoms with Crippen molar-refractivity contribution < 1.29 is 19.0 Å². The quantitative estimate of drug-likeness (QED) is 0.601. The van der Waals surface area contributed by atoms with Crippen LogP contribution < -0.4 is 14.2 Å². The van der Waals surface area contributed by atoms with Gasteiger partial charge in [0.05, 0.1) is 21.3 Å². The van der Waals surface area contributed by atoms with Crippen molar-refractivity contribution in [2.24, 2.45) is 0 Å². The van der Waals surface area contributed by atoms with E-state index in [1.165, 1.54) is 21.3 Å². The van der Waals surface area contributed by atoms with Crippen molar-refractivity contribution in [3.8, 4) is 17.2 Å². The molecule has 22 heavy (non-hydrogen) atoms. The van der Waals surface area contributed by atoms with E-state index in [0.29, 0.717) is 28.4 Å². The van der Waals surface area contributed by atoms with Crippen LogP contribution in [0, 0.1) is 0 Å². The number of carbonyl (C=O) groups is 1. The first-order valence-corrected chi connectivity index (χ1v) is 7.85. The van der Waals surface area contributed by atoms with Crippen LogP contribution in [0.1, 0.15) is 15.9 Å². The lowest BCUT2D eigenvalue weighted by Gasteiger charge is -2.13. The van der Waals surface area contributed by atoms with E-state index in [4.69, 9.17) is 14.2 Å². The molecule has 0 saturated heterocycles. The zero-order valence-corrected chi connectivity index (χ0v) is 13.8. The van der Waals surface area contributed by atoms with Gasteiger partial charge in [-0.3, -0.25) is 4.79 Å². The molecule has 0 aliphatic rings. The van der Waals surface area contributed by atoms with Crippen LogP contribution in [-0.4, -0.2) is 33.4 Å². The summed E-state index contributed by atoms with van der Waals surface area (Å²) in [4.78, 5) is 13.7. The van der Waals surface area contributed by atoms with Crippen molar-refractivity contribution in [1.29, 1.82) is 0 Å². The van der Waals surface area contributed by atoms with Crippen LogP contribution in [0.2, 0.25) is 0 Å². The summed E-state index contributed by atoms with van der Waals surface area (Å²) in [5.41, 5.74) is 1.12. The number of ketones is 1. The Hall–Kier alpha value is -2.14. The fourth-order valence-electron chi connectivity index (χ4n) is 2.14. The van der Waals surface area contributed by atoms with Crippen molar-refractivity contribution in [2.75, 3.05) is 27.6 Å². The van der Waals surface area contributed by atoms with Crippen LogP contribution in [0.25, 0.3) is 0 Å². The van der Waals surface area contributed by atoms with Gasteiger partial charge < -0.3 is 14.2 Å². The van der Waals surface area contributed by atoms with Gasteiger partial charge in [0.25, 0.3) is 0 Å². The molecule has 0 bridgehead atoms. The monoisotopic (exact) mass is 318 g/mol. The van der Waals surface area contributed by atoms with Crippen LogP contribution in [0.4, 0.5) is 0 Å². The number of hydrogen-bond acceptors (Lipinski definition) is 5. The molecule has 5 heteroatoms. The molecule has 0 atom stereocenters. The Morgan fingerprint density at radius 1 is 0.909 bits per heavy atom. The van der Waals surface area contributed by atoms with Crippen LogP contribution >= 0.6 is 11.8 Å². The minimum Gasteiger partial charge on any atom is -0.493 e. The van der Waals surface area contributed by atoms with E-state index >= 15 is 0 Å². The molecule has 4 nitrogen and oxygen atoms in total. The summed E-state index contributed by atoms with van der Waals surface area (Å²) in [5, 5.41) is 0. The fourth-order valence-corrected chi connectivity index (χ4v) is 2.60. The number of rotatable bonds is 6. The third kappa shape index (κ3) is 3.20. The standard InChI is InChI=1S/C17H18O4S/c1-19-14-9-12(10-15(20-2)17(14)21-3)16(18)11-6-5-7-13(8-11)22-4/h5-10H,1-4H3. The normalized spacial score (nSPS) is 10.2. The van der Waals surface area contributed by atoms with Gasteiger partial charge in [-0.2, -0.15) is 0 Å². The maximum atomic E-state index is 12.7. The number of benzene rings is 2. The average molecular weight is 318 g/mol. The second-order valence-corrected chi connectivity index (χ2v) is 5.35. The summed E-state index contributed by atoms with van der Waals surface area (Å²) in [6.45, 7) is 0. The summed E-state index contributed by atoms with van der Waals surface area (Å²) in [5.74, 6) is 1.31. The summed E-state index contributed by atoms with van der Waals surface area (Å²) in [6.07, 6.45) is 1.98. The second kappa shape index (κ2) is 7.22. The van der Waals surface area contributed by atoms with Gasteiger partial charge in [0.1, 0.15) is 0 Å². The molecule has 2 aromatic carbocycles. The summed E-state index contributed by atoms with van der Waals surface area (Å²) in [7, 11) is 4.59. The average Bonchev–Trinajstić information content (AvgIpc) is 2.59. The molecule has 0 unspecified atom stereocenters. The molecule has 2 aromatic rings. The molecule has 0 N–H and O–H groups in total. The number of hydrogen-bond donors (Lipinski definition) is 0. The Morgan fingerprint density at radius 3 is 2.05 bits per heavy atom. The lowest BCUT2D eigenvalue weighted by atomic mass is 10.0. The molecular formula is C17H18O4S. The van der Waals surface area contributed by atoms with Gasteiger partial charge in [0.2, 0.25) is 5.75 Å². The Bertz CT molecular complexity index is 657. The Morgan fingerprint density at radius 2 is 1.55 bits per heavy atom. The molecule has 0 fully saturated rings. The van der Waals surface area contributed by atoms with Crippen molar-refractivity contribution >= 4 is 17.5 Å². The molecule has 0 heterocycles. The van der Waals surface area contributed by atoms with Crippen molar-refractivity contribution in [3.05, 3.63) is 47.5 Å². The van der Waals surface area contributed by atoms with E-state index in [0.717, 1.165) is 4.90 Å². The highest BCUT2D eigenvalue weighted by Crippen LogP contribution is 2.38. The summed E-state index contributed by atoms with van der Waals surface area (Å²) in [6, 6.07) is 10.8. The van der Waals surface area contributed by atoms with Gasteiger partial charge >= 0.3 is 0 Å². The lowest BCUT2D eigenvalue weighted by Crippen LogP contribution is -2.04. The van der Waals surface area contributed by atoms with Gasteiger partial charge in [-0.25, -0.2) is 0 Å². The molecule has 0 saturated carbocycles. The first-order chi connectivity index (χ1) is 10.6. The van der Waals surface area contributed by atoms with Crippen molar-refractivity contribution in [1.82, 2.24) is 0 Å². The molecule has 0 aliphatic carbocycles. The molecule has 2 rings (SSSR count). The fraction of sp³-hybridized carbons (Fsp3) is 0.235. The Kier molecular flexibility index (Phi) is 5.33. The predicted molar refractivity (Wildman–Crippen MR) is 87.8 cm³/mol. The van der Waals surface area contributed by atoms with Crippen LogP contribution in [0.5, 0.6) is 17.2 Å². The van der Waals surface area contributed by atoms with E-state index in [2.05, 4.69) is 0 Å². The molecule has 0 spiro atoms. The van der Waals surface area contributed by atoms with Crippen LogP contribution in [-0.2, 0) is 0 Å². The molecule has 0 aromatic heterocycles. The van der Waals surface area contributed by atoms with Gasteiger partial charge in [-0.15, -0.1) is 11.8 Å². The maximum absolute atomic E-state index is 12.7. The zero-order chi connectivity index (χ0) is 16.1. The number of thioether (sulfide) groups is 1. The molecule has 0 aliphatic heterocycles. The Labute approximate surface area is 134 Å². The van der Waals surface area contributed by atoms with Crippen LogP contribution in [0.3, 0.4) is 0 Å². The third-order valence-corrected chi connectivity index (χ3v) is 3.98.